The van der Waals surface area contributed by atoms with Gasteiger partial charge in [-0.1, -0.05) is 0 Å². The van der Waals surface area contributed by atoms with Gasteiger partial charge in [0.2, 0.25) is 6.29 Å². The second kappa shape index (κ2) is 7.02. The minimum atomic E-state index is -1.75. The van der Waals surface area contributed by atoms with Gasteiger partial charge in [-0.05, 0) is 0 Å². The highest BCUT2D eigenvalue weighted by Gasteiger charge is 2.44. The first kappa shape index (κ1) is 18.0. The van der Waals surface area contributed by atoms with Crippen molar-refractivity contribution in [1.29, 1.82) is 0 Å². The van der Waals surface area contributed by atoms with E-state index in [0.29, 0.717) is 0 Å². The minimum Gasteiger partial charge on any atom is -0.461 e. The third-order valence-corrected chi connectivity index (χ3v) is 3.40. The molecule has 3 unspecified atom stereocenters. The van der Waals surface area contributed by atoms with Crippen molar-refractivity contribution in [3.05, 3.63) is 38.4 Å². The molecule has 0 aliphatic carbocycles. The van der Waals surface area contributed by atoms with Crippen LogP contribution in [0, 0.1) is 20.2 Å². The lowest BCUT2D eigenvalue weighted by Gasteiger charge is -2.39. The first-order chi connectivity index (χ1) is 11.2. The largest absolute Gasteiger partial charge is 0.461 e. The smallest absolute Gasteiger partial charge is 0.280 e. The minimum absolute atomic E-state index is 0.361. The van der Waals surface area contributed by atoms with Gasteiger partial charge in [0.1, 0.15) is 30.2 Å². The zero-order chi connectivity index (χ0) is 18.0. The Bertz CT molecular complexity index is 604. The first-order valence-corrected chi connectivity index (χ1v) is 6.65. The monoisotopic (exact) mass is 346 g/mol. The lowest BCUT2D eigenvalue weighted by atomic mass is 9.99. The number of hydrogen-bond donors (Lipinski definition) is 4. The van der Waals surface area contributed by atoms with Crippen molar-refractivity contribution in [3.8, 4) is 5.75 Å². The summed E-state index contributed by atoms with van der Waals surface area (Å²) in [5.74, 6) is -0.361. The van der Waals surface area contributed by atoms with Gasteiger partial charge in [-0.25, -0.2) is 0 Å². The molecule has 0 amide bonds. The number of rotatable bonds is 5. The van der Waals surface area contributed by atoms with E-state index in [0.717, 1.165) is 18.2 Å². The maximum Gasteiger partial charge on any atom is 0.280 e. The zero-order valence-electron chi connectivity index (χ0n) is 12.0. The first-order valence-electron chi connectivity index (χ1n) is 6.65. The van der Waals surface area contributed by atoms with Gasteiger partial charge in [0, 0.05) is 0 Å². The van der Waals surface area contributed by atoms with E-state index in [9.17, 15) is 35.5 Å². The quantitative estimate of drug-likeness (QED) is 0.368. The van der Waals surface area contributed by atoms with E-state index < -0.39 is 58.5 Å². The van der Waals surface area contributed by atoms with E-state index in [4.69, 9.17) is 14.6 Å². The van der Waals surface area contributed by atoms with Crippen LogP contribution in [0.1, 0.15) is 0 Å². The number of non-ortho nitro benzene ring substituents is 2. The molecule has 2 rings (SSSR count). The molecule has 24 heavy (non-hydrogen) atoms. The molecule has 1 fully saturated rings. The lowest BCUT2D eigenvalue weighted by molar-refractivity contribution is -0.394. The summed E-state index contributed by atoms with van der Waals surface area (Å²) in [4.78, 5) is 19.9. The molecule has 1 heterocycles. The van der Waals surface area contributed by atoms with Crippen molar-refractivity contribution in [2.75, 3.05) is 6.61 Å². The summed E-state index contributed by atoms with van der Waals surface area (Å²) in [6, 6.07) is 2.46. The van der Waals surface area contributed by atoms with Crippen LogP contribution in [-0.2, 0) is 4.74 Å². The number of nitro benzene ring substituents is 2. The van der Waals surface area contributed by atoms with Gasteiger partial charge in [0.15, 0.2) is 0 Å². The zero-order valence-corrected chi connectivity index (χ0v) is 12.0. The molecule has 0 spiro atoms. The average Bonchev–Trinajstić information content (AvgIpc) is 2.55. The molecule has 1 aliphatic heterocycles. The summed E-state index contributed by atoms with van der Waals surface area (Å²) < 4.78 is 10.2. The van der Waals surface area contributed by atoms with Crippen LogP contribution in [0.3, 0.4) is 0 Å². The van der Waals surface area contributed by atoms with Crippen LogP contribution in [0.5, 0.6) is 5.75 Å². The van der Waals surface area contributed by atoms with Crippen LogP contribution in [0.25, 0.3) is 0 Å². The Hall–Kier alpha value is -2.38. The van der Waals surface area contributed by atoms with E-state index >= 15 is 0 Å². The highest BCUT2D eigenvalue weighted by atomic mass is 16.7. The van der Waals surface area contributed by atoms with E-state index in [2.05, 4.69) is 0 Å². The molecular weight excluding hydrogens is 332 g/mol. The summed E-state index contributed by atoms with van der Waals surface area (Å²) >= 11 is 0. The molecule has 1 aliphatic rings. The molecule has 1 aromatic rings. The molecule has 5 atom stereocenters. The fraction of sp³-hybridized carbons (Fsp3) is 0.500. The molecular formula is C12H14N2O10. The SMILES string of the molecule is O=[N+]([O-])c1cc(O[C@@H]2OC(CO)[C@H](O)C(O)C2O)cc([N+](=O)[O-])c1. The van der Waals surface area contributed by atoms with Gasteiger partial charge in [-0.3, -0.25) is 20.2 Å². The maximum absolute atomic E-state index is 10.8. The normalized spacial score (nSPS) is 29.9. The second-order valence-corrected chi connectivity index (χ2v) is 5.01. The van der Waals surface area contributed by atoms with Crippen LogP contribution in [0.4, 0.5) is 11.4 Å². The molecule has 4 N–H and O–H groups in total. The summed E-state index contributed by atoms with van der Waals surface area (Å²) in [6.45, 7) is -0.695. The lowest BCUT2D eigenvalue weighted by Crippen LogP contribution is -2.60. The molecule has 1 aromatic carbocycles. The molecule has 0 radical (unpaired) electrons. The highest BCUT2D eigenvalue weighted by Crippen LogP contribution is 2.30. The molecule has 12 nitrogen and oxygen atoms in total. The Morgan fingerprint density at radius 2 is 1.54 bits per heavy atom. The Morgan fingerprint density at radius 3 is 2.00 bits per heavy atom. The molecule has 0 saturated carbocycles. The molecule has 12 heteroatoms. The molecule has 0 aromatic heterocycles. The number of aliphatic hydroxyl groups excluding tert-OH is 4. The predicted molar refractivity (Wildman–Crippen MR) is 74.1 cm³/mol. The van der Waals surface area contributed by atoms with E-state index in [1.54, 1.807) is 0 Å². The summed E-state index contributed by atoms with van der Waals surface area (Å²) in [6.07, 6.45) is -7.93. The fourth-order valence-corrected chi connectivity index (χ4v) is 2.15. The van der Waals surface area contributed by atoms with Crippen molar-refractivity contribution in [1.82, 2.24) is 0 Å². The van der Waals surface area contributed by atoms with Gasteiger partial charge in [-0.2, -0.15) is 0 Å². The summed E-state index contributed by atoms with van der Waals surface area (Å²) in [5, 5.41) is 59.8. The van der Waals surface area contributed by atoms with Crippen molar-refractivity contribution < 1.29 is 39.7 Å². The number of aliphatic hydroxyl groups is 4. The summed E-state index contributed by atoms with van der Waals surface area (Å²) in [5.41, 5.74) is -1.24. The number of ether oxygens (including phenoxy) is 2. The van der Waals surface area contributed by atoms with Crippen LogP contribution >= 0.6 is 0 Å². The summed E-state index contributed by atoms with van der Waals surface area (Å²) in [7, 11) is 0. The van der Waals surface area contributed by atoms with Gasteiger partial charge >= 0.3 is 0 Å². The number of hydrogen-bond acceptors (Lipinski definition) is 10. The standard InChI is InChI=1S/C12H14N2O10/c15-4-8-9(16)10(17)11(18)12(24-8)23-7-2-5(13(19)20)1-6(3-7)14(21)22/h1-3,8-12,15-18H,4H2/t8?,9-,10?,11?,12+/m0/s1. The Balaban J connectivity index is 2.29. The van der Waals surface area contributed by atoms with Gasteiger partial charge in [-0.15, -0.1) is 0 Å². The van der Waals surface area contributed by atoms with Gasteiger partial charge in [0.25, 0.3) is 11.4 Å². The van der Waals surface area contributed by atoms with Crippen LogP contribution in [0.2, 0.25) is 0 Å². The third kappa shape index (κ3) is 3.58. The van der Waals surface area contributed by atoms with E-state index in [-0.39, 0.29) is 5.75 Å². The van der Waals surface area contributed by atoms with Gasteiger partial charge < -0.3 is 29.9 Å². The fourth-order valence-electron chi connectivity index (χ4n) is 2.15. The molecule has 132 valence electrons. The van der Waals surface area contributed by atoms with Crippen molar-refractivity contribution in [3.63, 3.8) is 0 Å². The third-order valence-electron chi connectivity index (χ3n) is 3.40. The van der Waals surface area contributed by atoms with Crippen molar-refractivity contribution in [2.45, 2.75) is 30.7 Å². The topological polar surface area (TPSA) is 186 Å². The number of nitrogens with zero attached hydrogens (tertiary/aromatic N) is 2. The Kier molecular flexibility index (Phi) is 5.26. The van der Waals surface area contributed by atoms with Crippen LogP contribution < -0.4 is 4.74 Å². The number of nitro groups is 2. The van der Waals surface area contributed by atoms with E-state index in [1.807, 2.05) is 0 Å². The van der Waals surface area contributed by atoms with E-state index in [1.165, 1.54) is 0 Å². The van der Waals surface area contributed by atoms with Crippen molar-refractivity contribution in [2.24, 2.45) is 0 Å². The predicted octanol–water partition coefficient (Wildman–Crippen LogP) is -1.32. The Labute approximate surface area is 133 Å². The van der Waals surface area contributed by atoms with Gasteiger partial charge in [0.05, 0.1) is 34.7 Å². The van der Waals surface area contributed by atoms with Crippen molar-refractivity contribution >= 4 is 11.4 Å². The highest BCUT2D eigenvalue weighted by molar-refractivity contribution is 5.49. The van der Waals surface area contributed by atoms with Crippen LogP contribution in [0.15, 0.2) is 18.2 Å². The number of benzene rings is 1. The Morgan fingerprint density at radius 1 is 1.00 bits per heavy atom. The second-order valence-electron chi connectivity index (χ2n) is 5.01. The maximum atomic E-state index is 10.8. The molecule has 1 saturated heterocycles. The molecule has 0 bridgehead atoms. The average molecular weight is 346 g/mol. The van der Waals surface area contributed by atoms with Crippen LogP contribution in [-0.4, -0.2) is 67.6 Å².